The zero-order valence-electron chi connectivity index (χ0n) is 11.7. The first-order valence-electron chi connectivity index (χ1n) is 7.20. The molecule has 3 nitrogen and oxygen atoms in total. The van der Waals surface area contributed by atoms with E-state index in [1.807, 2.05) is 11.6 Å². The van der Waals surface area contributed by atoms with Crippen LogP contribution in [0.3, 0.4) is 0 Å². The van der Waals surface area contributed by atoms with E-state index in [0.717, 1.165) is 30.6 Å². The zero-order valence-corrected chi connectivity index (χ0v) is 12.5. The molecule has 1 fully saturated rings. The van der Waals surface area contributed by atoms with Gasteiger partial charge in [0.05, 0.1) is 6.61 Å². The Hall–Kier alpha value is -0.710. The van der Waals surface area contributed by atoms with E-state index in [4.69, 9.17) is 4.74 Å². The highest BCUT2D eigenvalue weighted by Crippen LogP contribution is 2.30. The maximum absolute atomic E-state index is 5.08. The van der Waals surface area contributed by atoms with Gasteiger partial charge in [0.15, 0.2) is 0 Å². The lowest BCUT2D eigenvalue weighted by Crippen LogP contribution is -2.25. The van der Waals surface area contributed by atoms with Crippen molar-refractivity contribution < 1.29 is 4.74 Å². The molecule has 19 heavy (non-hydrogen) atoms. The molecule has 4 heteroatoms. The van der Waals surface area contributed by atoms with Crippen LogP contribution in [0.1, 0.15) is 37.1 Å². The summed E-state index contributed by atoms with van der Waals surface area (Å²) in [6.45, 7) is 2.65. The van der Waals surface area contributed by atoms with Crippen molar-refractivity contribution in [3.05, 3.63) is 22.2 Å². The van der Waals surface area contributed by atoms with E-state index in [2.05, 4.69) is 16.4 Å². The molecule has 1 aromatic rings. The number of methoxy groups -OCH3 is 1. The lowest BCUT2D eigenvalue weighted by Gasteiger charge is -2.24. The maximum Gasteiger partial charge on any atom is 0.116 e. The van der Waals surface area contributed by atoms with Gasteiger partial charge in [-0.05, 0) is 24.8 Å². The zero-order chi connectivity index (χ0) is 13.3. The van der Waals surface area contributed by atoms with E-state index in [1.54, 1.807) is 18.4 Å². The van der Waals surface area contributed by atoms with Crippen LogP contribution in [0.4, 0.5) is 0 Å². The van der Waals surface area contributed by atoms with Gasteiger partial charge in [-0.3, -0.25) is 0 Å². The summed E-state index contributed by atoms with van der Waals surface area (Å²) in [4.78, 5) is 4.38. The van der Waals surface area contributed by atoms with Crippen LogP contribution >= 0.6 is 11.3 Å². The molecule has 0 aliphatic heterocycles. The van der Waals surface area contributed by atoms with Gasteiger partial charge in [-0.15, -0.1) is 11.3 Å². The van der Waals surface area contributed by atoms with Gasteiger partial charge in [-0.1, -0.05) is 24.8 Å². The van der Waals surface area contributed by atoms with Crippen LogP contribution in [0.5, 0.6) is 0 Å². The van der Waals surface area contributed by atoms with Crippen molar-refractivity contribution in [3.8, 4) is 0 Å². The Bertz CT molecular complexity index is 370. The Balaban J connectivity index is 1.95. The number of nitrogens with one attached hydrogen (secondary N) is 1. The van der Waals surface area contributed by atoms with Gasteiger partial charge in [0.25, 0.3) is 0 Å². The lowest BCUT2D eigenvalue weighted by atomic mass is 9.83. The SMILES string of the molecule is COCCNC/C(=C/c1nccs1)C1CCCCC1. The van der Waals surface area contributed by atoms with Crippen LogP contribution in [0.15, 0.2) is 17.2 Å². The van der Waals surface area contributed by atoms with Gasteiger partial charge in [0.2, 0.25) is 0 Å². The average Bonchev–Trinajstić information content (AvgIpc) is 2.96. The van der Waals surface area contributed by atoms with Crippen molar-refractivity contribution in [2.75, 3.05) is 26.8 Å². The third-order valence-corrected chi connectivity index (χ3v) is 4.42. The molecule has 0 saturated heterocycles. The number of thiazole rings is 1. The van der Waals surface area contributed by atoms with Crippen molar-refractivity contribution in [2.45, 2.75) is 32.1 Å². The fourth-order valence-corrected chi connectivity index (χ4v) is 3.26. The summed E-state index contributed by atoms with van der Waals surface area (Å²) < 4.78 is 5.08. The summed E-state index contributed by atoms with van der Waals surface area (Å²) >= 11 is 1.72. The highest BCUT2D eigenvalue weighted by atomic mass is 32.1. The molecule has 1 N–H and O–H groups in total. The highest BCUT2D eigenvalue weighted by molar-refractivity contribution is 7.10. The third kappa shape index (κ3) is 5.05. The first-order valence-corrected chi connectivity index (χ1v) is 8.07. The summed E-state index contributed by atoms with van der Waals surface area (Å²) in [5.41, 5.74) is 1.52. The van der Waals surface area contributed by atoms with Gasteiger partial charge in [0.1, 0.15) is 5.01 Å². The summed E-state index contributed by atoms with van der Waals surface area (Å²) in [6.07, 6.45) is 11.0. The molecule has 106 valence electrons. The minimum absolute atomic E-state index is 0.743. The highest BCUT2D eigenvalue weighted by Gasteiger charge is 2.17. The van der Waals surface area contributed by atoms with Gasteiger partial charge in [-0.2, -0.15) is 0 Å². The molecule has 0 amide bonds. The Labute approximate surface area is 120 Å². The summed E-state index contributed by atoms with van der Waals surface area (Å²) in [5.74, 6) is 0.743. The molecule has 0 spiro atoms. The summed E-state index contributed by atoms with van der Waals surface area (Å²) in [5, 5.41) is 6.66. The van der Waals surface area contributed by atoms with Crippen molar-refractivity contribution >= 4 is 17.4 Å². The van der Waals surface area contributed by atoms with Crippen LogP contribution in [0.25, 0.3) is 6.08 Å². The molecule has 1 aliphatic carbocycles. The largest absolute Gasteiger partial charge is 0.383 e. The molecule has 0 unspecified atom stereocenters. The number of rotatable bonds is 7. The average molecular weight is 280 g/mol. The van der Waals surface area contributed by atoms with Crippen molar-refractivity contribution in [1.82, 2.24) is 10.3 Å². The monoisotopic (exact) mass is 280 g/mol. The minimum Gasteiger partial charge on any atom is -0.383 e. The molecule has 1 heterocycles. The molecule has 2 rings (SSSR count). The maximum atomic E-state index is 5.08. The van der Waals surface area contributed by atoms with Crippen LogP contribution in [0.2, 0.25) is 0 Å². The molecular weight excluding hydrogens is 256 g/mol. The molecule has 0 atom stereocenters. The van der Waals surface area contributed by atoms with Crippen LogP contribution < -0.4 is 5.32 Å². The topological polar surface area (TPSA) is 34.1 Å². The first kappa shape index (κ1) is 14.7. The Morgan fingerprint density at radius 2 is 2.32 bits per heavy atom. The second kappa shape index (κ2) is 8.46. The number of nitrogens with zero attached hydrogens (tertiary/aromatic N) is 1. The second-order valence-corrected chi connectivity index (χ2v) is 6.02. The van der Waals surface area contributed by atoms with Gasteiger partial charge in [-0.25, -0.2) is 4.98 Å². The Morgan fingerprint density at radius 1 is 1.47 bits per heavy atom. The normalized spacial score (nSPS) is 17.8. The number of hydrogen-bond donors (Lipinski definition) is 1. The molecule has 1 saturated carbocycles. The van der Waals surface area contributed by atoms with E-state index >= 15 is 0 Å². The third-order valence-electron chi connectivity index (χ3n) is 3.70. The summed E-state index contributed by atoms with van der Waals surface area (Å²) in [7, 11) is 1.75. The fraction of sp³-hybridized carbons (Fsp3) is 0.667. The van der Waals surface area contributed by atoms with Crippen LogP contribution in [-0.4, -0.2) is 31.8 Å². The molecule has 1 aromatic heterocycles. The fourth-order valence-electron chi connectivity index (χ4n) is 2.66. The van der Waals surface area contributed by atoms with Crippen molar-refractivity contribution in [3.63, 3.8) is 0 Å². The molecular formula is C15H24N2OS. The number of ether oxygens (including phenoxy) is 1. The minimum atomic E-state index is 0.743. The van der Waals surface area contributed by atoms with Crippen molar-refractivity contribution in [2.24, 2.45) is 5.92 Å². The summed E-state index contributed by atoms with van der Waals surface area (Å²) in [6, 6.07) is 0. The van der Waals surface area contributed by atoms with E-state index in [-0.39, 0.29) is 0 Å². The van der Waals surface area contributed by atoms with E-state index in [0.29, 0.717) is 0 Å². The smallest absolute Gasteiger partial charge is 0.116 e. The number of hydrogen-bond acceptors (Lipinski definition) is 4. The lowest BCUT2D eigenvalue weighted by molar-refractivity contribution is 0.200. The molecule has 0 bridgehead atoms. The predicted molar refractivity (Wildman–Crippen MR) is 81.4 cm³/mol. The van der Waals surface area contributed by atoms with Gasteiger partial charge >= 0.3 is 0 Å². The van der Waals surface area contributed by atoms with Crippen LogP contribution in [-0.2, 0) is 4.74 Å². The van der Waals surface area contributed by atoms with Crippen molar-refractivity contribution in [1.29, 1.82) is 0 Å². The first-order chi connectivity index (χ1) is 9.40. The molecule has 0 radical (unpaired) electrons. The number of aromatic nitrogens is 1. The standard InChI is InChI=1S/C15H24N2OS/c1-18-9-7-16-12-14(11-15-17-8-10-19-15)13-5-3-2-4-6-13/h8,10-11,13,16H,2-7,9,12H2,1H3/b14-11-. The van der Waals surface area contributed by atoms with Crippen LogP contribution in [0, 0.1) is 5.92 Å². The predicted octanol–water partition coefficient (Wildman–Crippen LogP) is 3.34. The van der Waals surface area contributed by atoms with E-state index < -0.39 is 0 Å². The van der Waals surface area contributed by atoms with Gasteiger partial charge in [0, 0.05) is 31.8 Å². The Kier molecular flexibility index (Phi) is 6.54. The van der Waals surface area contributed by atoms with E-state index in [1.165, 1.54) is 37.7 Å². The second-order valence-electron chi connectivity index (χ2n) is 5.09. The quantitative estimate of drug-likeness (QED) is 0.778. The Morgan fingerprint density at radius 3 is 3.00 bits per heavy atom. The van der Waals surface area contributed by atoms with E-state index in [9.17, 15) is 0 Å². The van der Waals surface area contributed by atoms with Gasteiger partial charge < -0.3 is 10.1 Å². The molecule has 1 aliphatic rings. The molecule has 0 aromatic carbocycles.